The number of fused-ring (bicyclic) bond motifs is 6. The maximum absolute atomic E-state index is 16.1. The van der Waals surface area contributed by atoms with Gasteiger partial charge >= 0.3 is 5.97 Å². The second-order valence-electron chi connectivity index (χ2n) is 13.1. The molecule has 5 fully saturated rings. The van der Waals surface area contributed by atoms with Crippen molar-refractivity contribution in [2.75, 3.05) is 5.32 Å². The van der Waals surface area contributed by atoms with Gasteiger partial charge in [0.05, 0.1) is 16.0 Å². The molecule has 0 aromatic heterocycles. The minimum absolute atomic E-state index is 0.0628. The Kier molecular flexibility index (Phi) is 5.37. The molecule has 7 aliphatic rings. The van der Waals surface area contributed by atoms with Gasteiger partial charge in [0.2, 0.25) is 11.8 Å². The summed E-state index contributed by atoms with van der Waals surface area (Å²) in [4.78, 5) is 43.2. The van der Waals surface area contributed by atoms with Crippen LogP contribution < -0.4 is 10.6 Å². The lowest BCUT2D eigenvalue weighted by atomic mass is 9.56. The highest BCUT2D eigenvalue weighted by Gasteiger charge is 2.85. The molecule has 2 aromatic carbocycles. The Morgan fingerprint density at radius 3 is 2.50 bits per heavy atom. The molecule has 42 heavy (non-hydrogen) atoms. The highest BCUT2D eigenvalue weighted by Crippen LogP contribution is 2.76. The largest absolute Gasteiger partial charge is 0.481 e. The minimum Gasteiger partial charge on any atom is -0.481 e. The van der Waals surface area contributed by atoms with Crippen molar-refractivity contribution in [3.05, 3.63) is 75.2 Å². The number of hydrogen-bond donors (Lipinski definition) is 3. The van der Waals surface area contributed by atoms with Crippen LogP contribution in [0.25, 0.3) is 0 Å². The topological polar surface area (TPSA) is 98.5 Å². The van der Waals surface area contributed by atoms with Crippen LogP contribution in [-0.2, 0) is 19.8 Å². The Morgan fingerprint density at radius 2 is 1.79 bits per heavy atom. The Bertz CT molecular complexity index is 1620. The number of carboxylic acids is 1. The number of allylic oxidation sites excluding steroid dienone is 1. The molecular formula is C32H30Cl2FN3O4. The lowest BCUT2D eigenvalue weighted by Gasteiger charge is -2.52. The van der Waals surface area contributed by atoms with Gasteiger partial charge in [-0.25, -0.2) is 4.39 Å². The van der Waals surface area contributed by atoms with E-state index >= 15 is 4.39 Å². The molecular weight excluding hydrogens is 580 g/mol. The molecule has 2 amide bonds. The van der Waals surface area contributed by atoms with Crippen LogP contribution >= 0.6 is 23.2 Å². The van der Waals surface area contributed by atoms with Gasteiger partial charge in [-0.05, 0) is 87.1 Å². The first-order valence-electron chi connectivity index (χ1n) is 14.7. The van der Waals surface area contributed by atoms with Crippen molar-refractivity contribution in [1.29, 1.82) is 0 Å². The maximum Gasteiger partial charge on any atom is 0.309 e. The van der Waals surface area contributed by atoms with E-state index in [9.17, 15) is 19.5 Å². The third-order valence-electron chi connectivity index (χ3n) is 11.5. The van der Waals surface area contributed by atoms with Gasteiger partial charge in [0.15, 0.2) is 0 Å². The second kappa shape index (κ2) is 8.50. The molecule has 7 nitrogen and oxygen atoms in total. The molecule has 4 aliphatic carbocycles. The molecule has 9 rings (SSSR count). The van der Waals surface area contributed by atoms with E-state index in [2.05, 4.69) is 21.6 Å². The van der Waals surface area contributed by atoms with Crippen molar-refractivity contribution >= 4 is 46.7 Å². The molecule has 1 unspecified atom stereocenters. The standard InChI is InChI=1S/C32H30Cl2FN3O4/c33-17-7-8-19-21(16-17)36-27(40)32(19)23(18-4-3-5-20(34)24(18)35)25(38-22-6-1-2-9-31(22,32)38)26(39)37-30-13-10-29(11-14-30,12-15-30)28(41)42/h3-8,16,23,25H,1-2,9-15H2,(H,36,40)(H,37,39)(H,41,42)/t23-,25+,29?,30?,31?,32+,38?/m0/s1. The first kappa shape index (κ1) is 26.5. The van der Waals surface area contributed by atoms with Crippen molar-refractivity contribution in [1.82, 2.24) is 10.2 Å². The lowest BCUT2D eigenvalue weighted by Crippen LogP contribution is -2.61. The van der Waals surface area contributed by atoms with Crippen molar-refractivity contribution in [3.8, 4) is 0 Å². The van der Waals surface area contributed by atoms with Gasteiger partial charge in [-0.3, -0.25) is 14.4 Å². The van der Waals surface area contributed by atoms with E-state index in [1.165, 1.54) is 6.07 Å². The van der Waals surface area contributed by atoms with Crippen LogP contribution in [0.3, 0.4) is 0 Å². The molecule has 3 aliphatic heterocycles. The van der Waals surface area contributed by atoms with Gasteiger partial charge < -0.3 is 20.6 Å². The number of amides is 2. The Balaban J connectivity index is 1.29. The molecule has 2 spiro atoms. The SMILES string of the molecule is O=C(NC12CCC(C(=O)O)(CC1)CC2)[C@H]1[C@H](c2cccc(Cl)c2F)[C@]2(C(=O)Nc3cc(Cl)ccc32)C23CCCC=C2N13. The number of benzene rings is 2. The number of carbonyl (C=O) groups is 3. The zero-order valence-electron chi connectivity index (χ0n) is 22.8. The molecule has 0 radical (unpaired) electrons. The molecule has 218 valence electrons. The fourth-order valence-electron chi connectivity index (χ4n) is 9.54. The fraction of sp³-hybridized carbons (Fsp3) is 0.469. The van der Waals surface area contributed by atoms with Gasteiger partial charge in [-0.1, -0.05) is 47.5 Å². The summed E-state index contributed by atoms with van der Waals surface area (Å²) < 4.78 is 16.1. The molecule has 10 heteroatoms. The van der Waals surface area contributed by atoms with E-state index in [1.807, 2.05) is 6.07 Å². The van der Waals surface area contributed by atoms with Crippen LogP contribution in [-0.4, -0.2) is 44.9 Å². The third-order valence-corrected chi connectivity index (χ3v) is 12.1. The van der Waals surface area contributed by atoms with Gasteiger partial charge in [0.25, 0.3) is 0 Å². The summed E-state index contributed by atoms with van der Waals surface area (Å²) in [6.07, 6.45) is 7.72. The van der Waals surface area contributed by atoms with E-state index in [1.54, 1.807) is 24.3 Å². The summed E-state index contributed by atoms with van der Waals surface area (Å²) >= 11 is 12.7. The van der Waals surface area contributed by atoms with Crippen LogP contribution in [0.5, 0.6) is 0 Å². The maximum atomic E-state index is 16.1. The van der Waals surface area contributed by atoms with Crippen LogP contribution in [0.15, 0.2) is 48.2 Å². The summed E-state index contributed by atoms with van der Waals surface area (Å²) in [7, 11) is 0. The van der Waals surface area contributed by atoms with Crippen LogP contribution in [0, 0.1) is 11.2 Å². The molecule has 3 heterocycles. The zero-order valence-corrected chi connectivity index (χ0v) is 24.3. The van der Waals surface area contributed by atoms with Crippen LogP contribution in [0.4, 0.5) is 10.1 Å². The normalized spacial score (nSPS) is 37.1. The number of rotatable bonds is 4. The van der Waals surface area contributed by atoms with Crippen LogP contribution in [0.2, 0.25) is 10.0 Å². The number of hydrogen-bond acceptors (Lipinski definition) is 4. The average Bonchev–Trinajstić information content (AvgIpc) is 3.46. The van der Waals surface area contributed by atoms with E-state index in [4.69, 9.17) is 23.2 Å². The molecule has 2 bridgehead atoms. The van der Waals surface area contributed by atoms with Crippen molar-refractivity contribution in [2.45, 2.75) is 86.2 Å². The highest BCUT2D eigenvalue weighted by molar-refractivity contribution is 6.31. The smallest absolute Gasteiger partial charge is 0.309 e. The van der Waals surface area contributed by atoms with Gasteiger partial charge in [0, 0.05) is 27.9 Å². The monoisotopic (exact) mass is 609 g/mol. The zero-order chi connectivity index (χ0) is 29.2. The summed E-state index contributed by atoms with van der Waals surface area (Å²) in [5.74, 6) is -2.78. The molecule has 2 saturated heterocycles. The van der Waals surface area contributed by atoms with Gasteiger partial charge in [-0.2, -0.15) is 0 Å². The first-order valence-corrected chi connectivity index (χ1v) is 15.5. The van der Waals surface area contributed by atoms with Crippen molar-refractivity contribution < 1.29 is 23.9 Å². The van der Waals surface area contributed by atoms with Crippen molar-refractivity contribution in [3.63, 3.8) is 0 Å². The molecule has 3 saturated carbocycles. The highest BCUT2D eigenvalue weighted by atomic mass is 35.5. The average molecular weight is 611 g/mol. The number of carboxylic acid groups (broad SMARTS) is 1. The van der Waals surface area contributed by atoms with Crippen LogP contribution in [0.1, 0.15) is 74.8 Å². The minimum atomic E-state index is -1.28. The molecule has 3 N–H and O–H groups in total. The Labute approximate surface area is 252 Å². The number of halogens is 3. The first-order chi connectivity index (χ1) is 20.1. The summed E-state index contributed by atoms with van der Waals surface area (Å²) in [5.41, 5.74) is -0.794. The predicted octanol–water partition coefficient (Wildman–Crippen LogP) is 5.90. The quantitative estimate of drug-likeness (QED) is 0.375. The lowest BCUT2D eigenvalue weighted by molar-refractivity contribution is -0.157. The number of anilines is 1. The number of piperidine rings is 1. The summed E-state index contributed by atoms with van der Waals surface area (Å²) in [6, 6.07) is 9.23. The van der Waals surface area contributed by atoms with Crippen molar-refractivity contribution in [2.24, 2.45) is 5.41 Å². The molecule has 4 atom stereocenters. The number of nitrogens with one attached hydrogen (secondary N) is 2. The second-order valence-corrected chi connectivity index (χ2v) is 13.9. The van der Waals surface area contributed by atoms with E-state index in [0.29, 0.717) is 61.2 Å². The summed E-state index contributed by atoms with van der Waals surface area (Å²) in [5, 5.41) is 16.7. The fourth-order valence-corrected chi connectivity index (χ4v) is 9.90. The van der Waals surface area contributed by atoms with E-state index in [-0.39, 0.29) is 22.4 Å². The van der Waals surface area contributed by atoms with E-state index < -0.39 is 45.7 Å². The van der Waals surface area contributed by atoms with Gasteiger partial charge in [-0.15, -0.1) is 0 Å². The predicted molar refractivity (Wildman–Crippen MR) is 155 cm³/mol. The van der Waals surface area contributed by atoms with E-state index in [0.717, 1.165) is 18.5 Å². The van der Waals surface area contributed by atoms with Gasteiger partial charge in [0.1, 0.15) is 17.3 Å². The number of nitrogens with zero attached hydrogens (tertiary/aromatic N) is 1. The summed E-state index contributed by atoms with van der Waals surface area (Å²) in [6.45, 7) is 0. The number of aliphatic carboxylic acids is 1. The Hall–Kier alpha value is -3.10. The Morgan fingerprint density at radius 1 is 1.05 bits per heavy atom. The third kappa shape index (κ3) is 3.05. The molecule has 2 aromatic rings. The number of carbonyl (C=O) groups excluding carboxylic acids is 2.